The van der Waals surface area contributed by atoms with E-state index in [9.17, 15) is 9.18 Å². The summed E-state index contributed by atoms with van der Waals surface area (Å²) in [5.74, 6) is 0.123. The molecule has 3 rings (SSSR count). The number of aromatic amines is 1. The van der Waals surface area contributed by atoms with E-state index in [-0.39, 0.29) is 11.7 Å². The molecule has 0 spiro atoms. The molecule has 1 heterocycles. The molecule has 1 aromatic heterocycles. The standard InChI is InChI=1S/C20H19FN4O/c1-13(22-12-19-24-17-5-3-4-6-18(17)25-19)11-14(2)23-20(26)15-7-9-16(21)10-8-15/h3-11H,12H2,1-2H3,(H,23,26)(H,24,25)/b14-11+,22-13?. The molecule has 0 aliphatic heterocycles. The van der Waals surface area contributed by atoms with Crippen molar-refractivity contribution in [3.63, 3.8) is 0 Å². The third-order valence-corrected chi connectivity index (χ3v) is 3.76. The number of para-hydroxylation sites is 2. The molecular weight excluding hydrogens is 331 g/mol. The van der Waals surface area contributed by atoms with Gasteiger partial charge in [0, 0.05) is 17.0 Å². The Morgan fingerprint density at radius 1 is 1.19 bits per heavy atom. The Labute approximate surface area is 150 Å². The summed E-state index contributed by atoms with van der Waals surface area (Å²) in [7, 11) is 0. The van der Waals surface area contributed by atoms with Crippen LogP contribution >= 0.6 is 0 Å². The zero-order valence-corrected chi connectivity index (χ0v) is 14.6. The molecule has 2 aromatic carbocycles. The van der Waals surface area contributed by atoms with Crippen LogP contribution in [0.5, 0.6) is 0 Å². The molecule has 0 unspecified atom stereocenters. The molecule has 0 saturated heterocycles. The number of nitrogens with one attached hydrogen (secondary N) is 2. The number of rotatable bonds is 5. The van der Waals surface area contributed by atoms with Gasteiger partial charge in [-0.2, -0.15) is 0 Å². The molecule has 0 aliphatic carbocycles. The summed E-state index contributed by atoms with van der Waals surface area (Å²) in [6.45, 7) is 4.06. The Morgan fingerprint density at radius 2 is 1.92 bits per heavy atom. The molecule has 0 aliphatic rings. The fourth-order valence-corrected chi connectivity index (χ4v) is 2.53. The summed E-state index contributed by atoms with van der Waals surface area (Å²) < 4.78 is 12.9. The van der Waals surface area contributed by atoms with Gasteiger partial charge >= 0.3 is 0 Å². The zero-order chi connectivity index (χ0) is 18.5. The molecule has 132 valence electrons. The van der Waals surface area contributed by atoms with E-state index < -0.39 is 0 Å². The van der Waals surface area contributed by atoms with Crippen molar-refractivity contribution in [1.82, 2.24) is 15.3 Å². The van der Waals surface area contributed by atoms with Crippen LogP contribution in [0.1, 0.15) is 30.0 Å². The average Bonchev–Trinajstić information content (AvgIpc) is 3.03. The van der Waals surface area contributed by atoms with E-state index in [2.05, 4.69) is 20.3 Å². The minimum atomic E-state index is -0.373. The molecule has 0 bridgehead atoms. The SMILES string of the molecule is CC(/C=C(\C)NC(=O)c1ccc(F)cc1)=NCc1nc2ccccc2[nH]1. The van der Waals surface area contributed by atoms with Gasteiger partial charge in [0.2, 0.25) is 0 Å². The van der Waals surface area contributed by atoms with Gasteiger partial charge in [0.25, 0.3) is 5.91 Å². The van der Waals surface area contributed by atoms with E-state index in [1.54, 1.807) is 13.0 Å². The summed E-state index contributed by atoms with van der Waals surface area (Å²) in [4.78, 5) is 24.3. The molecule has 0 fully saturated rings. The number of imidazole rings is 1. The summed E-state index contributed by atoms with van der Waals surface area (Å²) in [5, 5.41) is 2.76. The lowest BCUT2D eigenvalue weighted by molar-refractivity contribution is 0.0966. The first-order valence-electron chi connectivity index (χ1n) is 8.21. The Bertz CT molecular complexity index is 953. The van der Waals surface area contributed by atoms with Gasteiger partial charge in [0.15, 0.2) is 0 Å². The number of benzene rings is 2. The highest BCUT2D eigenvalue weighted by Crippen LogP contribution is 2.11. The molecule has 6 heteroatoms. The number of hydrogen-bond donors (Lipinski definition) is 2. The van der Waals surface area contributed by atoms with Crippen molar-refractivity contribution in [3.8, 4) is 0 Å². The van der Waals surface area contributed by atoms with Crippen LogP contribution in [0.3, 0.4) is 0 Å². The maximum absolute atomic E-state index is 12.9. The van der Waals surface area contributed by atoms with Crippen LogP contribution in [0.4, 0.5) is 4.39 Å². The number of nitrogens with zero attached hydrogens (tertiary/aromatic N) is 2. The number of carbonyl (C=O) groups excluding carboxylic acids is 1. The number of amides is 1. The van der Waals surface area contributed by atoms with Crippen LogP contribution in [-0.2, 0) is 6.54 Å². The number of aromatic nitrogens is 2. The van der Waals surface area contributed by atoms with Gasteiger partial charge < -0.3 is 10.3 Å². The van der Waals surface area contributed by atoms with Gasteiger partial charge in [-0.25, -0.2) is 9.37 Å². The Morgan fingerprint density at radius 3 is 2.65 bits per heavy atom. The van der Waals surface area contributed by atoms with Crippen LogP contribution in [0.2, 0.25) is 0 Å². The fraction of sp³-hybridized carbons (Fsp3) is 0.150. The van der Waals surface area contributed by atoms with E-state index in [0.29, 0.717) is 17.8 Å². The maximum Gasteiger partial charge on any atom is 0.255 e. The van der Waals surface area contributed by atoms with Gasteiger partial charge in [-0.1, -0.05) is 12.1 Å². The third-order valence-electron chi connectivity index (χ3n) is 3.76. The predicted octanol–water partition coefficient (Wildman–Crippen LogP) is 4.00. The number of hydrogen-bond acceptors (Lipinski definition) is 3. The van der Waals surface area contributed by atoms with Crippen molar-refractivity contribution in [2.75, 3.05) is 0 Å². The van der Waals surface area contributed by atoms with E-state index in [0.717, 1.165) is 22.6 Å². The quantitative estimate of drug-likeness (QED) is 0.683. The second-order valence-electron chi connectivity index (χ2n) is 5.95. The molecule has 0 saturated carbocycles. The van der Waals surface area contributed by atoms with Gasteiger partial charge in [-0.05, 0) is 56.3 Å². The minimum Gasteiger partial charge on any atom is -0.340 e. The van der Waals surface area contributed by atoms with Crippen molar-refractivity contribution < 1.29 is 9.18 Å². The second kappa shape index (κ2) is 7.74. The second-order valence-corrected chi connectivity index (χ2v) is 5.95. The fourth-order valence-electron chi connectivity index (χ4n) is 2.53. The zero-order valence-electron chi connectivity index (χ0n) is 14.6. The van der Waals surface area contributed by atoms with Crippen molar-refractivity contribution in [3.05, 3.63) is 77.5 Å². The molecule has 3 aromatic rings. The Kier molecular flexibility index (Phi) is 5.22. The Balaban J connectivity index is 1.62. The number of aliphatic imine (C=N–C) groups is 1. The largest absolute Gasteiger partial charge is 0.340 e. The van der Waals surface area contributed by atoms with E-state index >= 15 is 0 Å². The van der Waals surface area contributed by atoms with Crippen LogP contribution in [0, 0.1) is 5.82 Å². The molecule has 1 amide bonds. The number of carbonyl (C=O) groups is 1. The maximum atomic E-state index is 12.9. The monoisotopic (exact) mass is 350 g/mol. The van der Waals surface area contributed by atoms with Crippen molar-refractivity contribution in [2.45, 2.75) is 20.4 Å². The van der Waals surface area contributed by atoms with Gasteiger partial charge in [-0.15, -0.1) is 0 Å². The van der Waals surface area contributed by atoms with Gasteiger partial charge in [0.1, 0.15) is 11.6 Å². The minimum absolute atomic E-state index is 0.288. The lowest BCUT2D eigenvalue weighted by atomic mass is 10.2. The highest BCUT2D eigenvalue weighted by atomic mass is 19.1. The van der Waals surface area contributed by atoms with Gasteiger partial charge in [0.05, 0.1) is 17.6 Å². The van der Waals surface area contributed by atoms with Crippen molar-refractivity contribution >= 4 is 22.7 Å². The summed E-state index contributed by atoms with van der Waals surface area (Å²) >= 11 is 0. The first-order chi connectivity index (χ1) is 12.5. The molecular formula is C20H19FN4O. The topological polar surface area (TPSA) is 70.1 Å². The van der Waals surface area contributed by atoms with Crippen LogP contribution in [-0.4, -0.2) is 21.6 Å². The number of fused-ring (bicyclic) bond motifs is 1. The lowest BCUT2D eigenvalue weighted by Gasteiger charge is -2.05. The van der Waals surface area contributed by atoms with Crippen LogP contribution in [0.15, 0.2) is 65.3 Å². The number of halogens is 1. The summed E-state index contributed by atoms with van der Waals surface area (Å²) in [5.41, 5.74) is 3.71. The van der Waals surface area contributed by atoms with Crippen molar-refractivity contribution in [1.29, 1.82) is 0 Å². The molecule has 26 heavy (non-hydrogen) atoms. The van der Waals surface area contributed by atoms with E-state index in [4.69, 9.17) is 0 Å². The molecule has 0 atom stereocenters. The highest BCUT2D eigenvalue weighted by molar-refractivity contribution is 5.97. The average molecular weight is 350 g/mol. The van der Waals surface area contributed by atoms with Crippen LogP contribution in [0.25, 0.3) is 11.0 Å². The number of H-pyrrole nitrogens is 1. The summed E-state index contributed by atoms with van der Waals surface area (Å²) in [6, 6.07) is 13.2. The lowest BCUT2D eigenvalue weighted by Crippen LogP contribution is -2.21. The van der Waals surface area contributed by atoms with E-state index in [1.165, 1.54) is 24.3 Å². The first kappa shape index (κ1) is 17.5. The highest BCUT2D eigenvalue weighted by Gasteiger charge is 2.06. The molecule has 5 nitrogen and oxygen atoms in total. The molecule has 0 radical (unpaired) electrons. The van der Waals surface area contributed by atoms with Gasteiger partial charge in [-0.3, -0.25) is 9.79 Å². The van der Waals surface area contributed by atoms with Crippen LogP contribution < -0.4 is 5.32 Å². The third kappa shape index (κ3) is 4.42. The summed E-state index contributed by atoms with van der Waals surface area (Å²) in [6.07, 6.45) is 1.78. The first-order valence-corrected chi connectivity index (χ1v) is 8.21. The van der Waals surface area contributed by atoms with E-state index in [1.807, 2.05) is 31.2 Å². The molecule has 2 N–H and O–H groups in total. The smallest absolute Gasteiger partial charge is 0.255 e. The Hall–Kier alpha value is -3.28. The normalized spacial score (nSPS) is 12.4. The van der Waals surface area contributed by atoms with Crippen molar-refractivity contribution in [2.24, 2.45) is 4.99 Å². The number of allylic oxidation sites excluding steroid dienone is 2. The predicted molar refractivity (Wildman–Crippen MR) is 101 cm³/mol.